The molecule has 0 spiro atoms. The van der Waals surface area contributed by atoms with E-state index in [-0.39, 0.29) is 0 Å². The molecule has 1 aromatic carbocycles. The maximum absolute atomic E-state index is 5.90. The second kappa shape index (κ2) is 4.28. The zero-order valence-corrected chi connectivity index (χ0v) is 9.12. The van der Waals surface area contributed by atoms with Crippen LogP contribution in [0, 0.1) is 0 Å². The predicted octanol–water partition coefficient (Wildman–Crippen LogP) is 3.06. The van der Waals surface area contributed by atoms with Crippen molar-refractivity contribution in [3.63, 3.8) is 0 Å². The molecule has 1 aromatic heterocycles. The number of hydrogen-bond acceptors (Lipinski definition) is 2. The van der Waals surface area contributed by atoms with E-state index < -0.39 is 0 Å². The molecule has 0 bridgehead atoms. The van der Waals surface area contributed by atoms with Gasteiger partial charge in [0.15, 0.2) is 0 Å². The van der Waals surface area contributed by atoms with Crippen molar-refractivity contribution >= 4 is 23.0 Å². The van der Waals surface area contributed by atoms with E-state index in [0.717, 1.165) is 16.4 Å². The first-order chi connectivity index (χ1) is 7.29. The molecule has 4 heteroatoms. The fourth-order valence-corrected chi connectivity index (χ4v) is 1.54. The minimum atomic E-state index is 0.720. The van der Waals surface area contributed by atoms with Gasteiger partial charge < -0.3 is 5.32 Å². The summed E-state index contributed by atoms with van der Waals surface area (Å²) < 4.78 is 1.88. The van der Waals surface area contributed by atoms with Crippen LogP contribution in [0.3, 0.4) is 0 Å². The molecule has 2 aromatic rings. The highest BCUT2D eigenvalue weighted by Gasteiger charge is 2.01. The second-order valence-electron chi connectivity index (χ2n) is 3.14. The molecular weight excluding hydrogens is 210 g/mol. The third kappa shape index (κ3) is 2.25. The quantitative estimate of drug-likeness (QED) is 0.834. The van der Waals surface area contributed by atoms with Crippen molar-refractivity contribution in [3.8, 4) is 0 Å². The first kappa shape index (κ1) is 9.93. The molecule has 0 aliphatic heterocycles. The van der Waals surface area contributed by atoms with Crippen LogP contribution in [0.1, 0.15) is 0 Å². The SMILES string of the molecule is CNc1cc(Cl)ccc1Nn1cccc1. The fraction of sp³-hybridized carbons (Fsp3) is 0.0909. The van der Waals surface area contributed by atoms with Gasteiger partial charge in [-0.15, -0.1) is 0 Å². The van der Waals surface area contributed by atoms with Crippen LogP contribution in [0.15, 0.2) is 42.7 Å². The smallest absolute Gasteiger partial charge is 0.0778 e. The van der Waals surface area contributed by atoms with Crippen LogP contribution >= 0.6 is 11.6 Å². The maximum Gasteiger partial charge on any atom is 0.0778 e. The van der Waals surface area contributed by atoms with Crippen LogP contribution in [0.5, 0.6) is 0 Å². The molecule has 0 fully saturated rings. The summed E-state index contributed by atoms with van der Waals surface area (Å²) in [6.45, 7) is 0. The normalized spacial score (nSPS) is 10.0. The number of aromatic nitrogens is 1. The lowest BCUT2D eigenvalue weighted by Crippen LogP contribution is -2.07. The Morgan fingerprint density at radius 2 is 1.87 bits per heavy atom. The molecule has 0 radical (unpaired) electrons. The van der Waals surface area contributed by atoms with E-state index in [1.54, 1.807) is 0 Å². The van der Waals surface area contributed by atoms with E-state index in [9.17, 15) is 0 Å². The van der Waals surface area contributed by atoms with Gasteiger partial charge in [-0.3, -0.25) is 10.1 Å². The van der Waals surface area contributed by atoms with E-state index >= 15 is 0 Å². The summed E-state index contributed by atoms with van der Waals surface area (Å²) >= 11 is 5.90. The summed E-state index contributed by atoms with van der Waals surface area (Å²) in [5.41, 5.74) is 5.18. The Labute approximate surface area is 93.6 Å². The van der Waals surface area contributed by atoms with E-state index in [2.05, 4.69) is 10.7 Å². The molecule has 2 N–H and O–H groups in total. The first-order valence-corrected chi connectivity index (χ1v) is 5.04. The lowest BCUT2D eigenvalue weighted by Gasteiger charge is -2.12. The Morgan fingerprint density at radius 1 is 1.13 bits per heavy atom. The highest BCUT2D eigenvalue weighted by molar-refractivity contribution is 6.31. The van der Waals surface area contributed by atoms with Crippen LogP contribution in [0.25, 0.3) is 0 Å². The molecule has 0 saturated carbocycles. The predicted molar refractivity (Wildman–Crippen MR) is 64.5 cm³/mol. The number of rotatable bonds is 3. The standard InChI is InChI=1S/C11H12ClN3/c1-13-11-8-9(12)4-5-10(11)14-15-6-2-3-7-15/h2-8,13-14H,1H3. The number of hydrogen-bond donors (Lipinski definition) is 2. The Bertz CT molecular complexity index is 437. The molecule has 0 amide bonds. The van der Waals surface area contributed by atoms with Gasteiger partial charge in [-0.2, -0.15) is 0 Å². The van der Waals surface area contributed by atoms with Gasteiger partial charge in [0, 0.05) is 24.5 Å². The highest BCUT2D eigenvalue weighted by Crippen LogP contribution is 2.25. The number of halogens is 1. The molecule has 0 saturated heterocycles. The highest BCUT2D eigenvalue weighted by atomic mass is 35.5. The molecule has 15 heavy (non-hydrogen) atoms. The largest absolute Gasteiger partial charge is 0.386 e. The number of anilines is 2. The van der Waals surface area contributed by atoms with Gasteiger partial charge in [-0.1, -0.05) is 11.6 Å². The molecule has 1 heterocycles. The van der Waals surface area contributed by atoms with Crippen molar-refractivity contribution in [1.82, 2.24) is 4.68 Å². The minimum Gasteiger partial charge on any atom is -0.386 e. The average Bonchev–Trinajstić information content (AvgIpc) is 2.73. The van der Waals surface area contributed by atoms with E-state index in [4.69, 9.17) is 11.6 Å². The van der Waals surface area contributed by atoms with Crippen molar-refractivity contribution in [2.75, 3.05) is 17.8 Å². The number of nitrogens with one attached hydrogen (secondary N) is 2. The maximum atomic E-state index is 5.90. The minimum absolute atomic E-state index is 0.720. The molecule has 0 aliphatic carbocycles. The van der Waals surface area contributed by atoms with Crippen LogP contribution in [-0.2, 0) is 0 Å². The summed E-state index contributed by atoms with van der Waals surface area (Å²) in [7, 11) is 1.87. The van der Waals surface area contributed by atoms with Gasteiger partial charge >= 0.3 is 0 Å². The van der Waals surface area contributed by atoms with E-state index in [0.29, 0.717) is 0 Å². The molecule has 0 atom stereocenters. The zero-order valence-electron chi connectivity index (χ0n) is 8.37. The molecule has 0 unspecified atom stereocenters. The molecule has 2 rings (SSSR count). The molecule has 3 nitrogen and oxygen atoms in total. The Balaban J connectivity index is 2.28. The van der Waals surface area contributed by atoms with Gasteiger partial charge in [0.2, 0.25) is 0 Å². The van der Waals surface area contributed by atoms with Crippen molar-refractivity contribution in [3.05, 3.63) is 47.7 Å². The monoisotopic (exact) mass is 221 g/mol. The Kier molecular flexibility index (Phi) is 2.83. The summed E-state index contributed by atoms with van der Waals surface area (Å²) in [5.74, 6) is 0. The molecule has 78 valence electrons. The first-order valence-electron chi connectivity index (χ1n) is 4.67. The van der Waals surface area contributed by atoms with Gasteiger partial charge in [0.05, 0.1) is 11.4 Å². The lowest BCUT2D eigenvalue weighted by atomic mass is 10.3. The molecule has 0 aliphatic rings. The van der Waals surface area contributed by atoms with Gasteiger partial charge in [-0.25, -0.2) is 0 Å². The third-order valence-corrected chi connectivity index (χ3v) is 2.34. The van der Waals surface area contributed by atoms with Gasteiger partial charge in [0.1, 0.15) is 0 Å². The van der Waals surface area contributed by atoms with Crippen molar-refractivity contribution in [2.24, 2.45) is 0 Å². The Morgan fingerprint density at radius 3 is 2.53 bits per heavy atom. The summed E-state index contributed by atoms with van der Waals surface area (Å²) in [4.78, 5) is 0. The van der Waals surface area contributed by atoms with E-state index in [1.807, 2.05) is 54.4 Å². The average molecular weight is 222 g/mol. The Hall–Kier alpha value is -1.61. The van der Waals surface area contributed by atoms with Gasteiger partial charge in [0.25, 0.3) is 0 Å². The van der Waals surface area contributed by atoms with Crippen LogP contribution in [-0.4, -0.2) is 11.7 Å². The van der Waals surface area contributed by atoms with Crippen LogP contribution in [0.2, 0.25) is 5.02 Å². The number of nitrogens with zero attached hydrogens (tertiary/aromatic N) is 1. The summed E-state index contributed by atoms with van der Waals surface area (Å²) in [6, 6.07) is 9.60. The molecular formula is C11H12ClN3. The topological polar surface area (TPSA) is 29.0 Å². The van der Waals surface area contributed by atoms with Crippen molar-refractivity contribution in [1.29, 1.82) is 0 Å². The third-order valence-electron chi connectivity index (χ3n) is 2.10. The second-order valence-corrected chi connectivity index (χ2v) is 3.58. The van der Waals surface area contributed by atoms with Crippen molar-refractivity contribution in [2.45, 2.75) is 0 Å². The van der Waals surface area contributed by atoms with E-state index in [1.165, 1.54) is 0 Å². The number of benzene rings is 1. The summed E-state index contributed by atoms with van der Waals surface area (Å²) in [6.07, 6.45) is 3.88. The summed E-state index contributed by atoms with van der Waals surface area (Å²) in [5, 5.41) is 3.81. The van der Waals surface area contributed by atoms with Gasteiger partial charge in [-0.05, 0) is 30.3 Å². The van der Waals surface area contributed by atoms with Crippen LogP contribution in [0.4, 0.5) is 11.4 Å². The van der Waals surface area contributed by atoms with Crippen molar-refractivity contribution < 1.29 is 0 Å². The fourth-order valence-electron chi connectivity index (χ4n) is 1.37. The zero-order chi connectivity index (χ0) is 10.7. The lowest BCUT2D eigenvalue weighted by molar-refractivity contribution is 0.971. The van der Waals surface area contributed by atoms with Crippen LogP contribution < -0.4 is 10.7 Å².